The van der Waals surface area contributed by atoms with E-state index in [1.165, 1.54) is 37.8 Å². The molecule has 0 atom stereocenters. The highest BCUT2D eigenvalue weighted by atomic mass is 15.4. The van der Waals surface area contributed by atoms with Crippen molar-refractivity contribution in [1.82, 2.24) is 15.0 Å². The van der Waals surface area contributed by atoms with Gasteiger partial charge in [-0.2, -0.15) is 5.26 Å². The van der Waals surface area contributed by atoms with Crippen molar-refractivity contribution >= 4 is 0 Å². The summed E-state index contributed by atoms with van der Waals surface area (Å²) in [5.41, 5.74) is 2.11. The molecule has 4 nitrogen and oxygen atoms in total. The van der Waals surface area contributed by atoms with E-state index in [1.54, 1.807) is 0 Å². The number of rotatable bonds is 5. The number of nitrogens with zero attached hydrogens (tertiary/aromatic N) is 4. The topological polar surface area (TPSA) is 54.5 Å². The summed E-state index contributed by atoms with van der Waals surface area (Å²) in [6.45, 7) is 4.47. The predicted octanol–water partition coefficient (Wildman–Crippen LogP) is 3.44. The first-order chi connectivity index (χ1) is 9.22. The zero-order valence-corrected chi connectivity index (χ0v) is 12.1. The van der Waals surface area contributed by atoms with Crippen LogP contribution in [0.3, 0.4) is 0 Å². The number of aromatic nitrogens is 3. The molecule has 0 unspecified atom stereocenters. The van der Waals surface area contributed by atoms with Gasteiger partial charge in [-0.3, -0.25) is 0 Å². The summed E-state index contributed by atoms with van der Waals surface area (Å²) in [5, 5.41) is 17.5. The molecule has 0 bridgehead atoms. The van der Waals surface area contributed by atoms with E-state index in [1.807, 2.05) is 0 Å². The lowest BCUT2D eigenvalue weighted by Gasteiger charge is -2.23. The Balaban J connectivity index is 2.18. The molecular weight excluding hydrogens is 236 g/mol. The van der Waals surface area contributed by atoms with Gasteiger partial charge >= 0.3 is 0 Å². The van der Waals surface area contributed by atoms with E-state index in [-0.39, 0.29) is 0 Å². The smallest absolute Gasteiger partial charge is 0.0999 e. The van der Waals surface area contributed by atoms with Gasteiger partial charge in [0.2, 0.25) is 0 Å². The summed E-state index contributed by atoms with van der Waals surface area (Å²) >= 11 is 0. The Kier molecular flexibility index (Phi) is 4.95. The van der Waals surface area contributed by atoms with Gasteiger partial charge in [0, 0.05) is 0 Å². The van der Waals surface area contributed by atoms with Crippen LogP contribution in [-0.2, 0) is 12.8 Å². The molecule has 0 amide bonds. The lowest BCUT2D eigenvalue weighted by Crippen LogP contribution is -2.17. The maximum absolute atomic E-state index is 8.91. The Bertz CT molecular complexity index is 435. The maximum atomic E-state index is 8.91. The molecule has 4 heteroatoms. The van der Waals surface area contributed by atoms with Crippen LogP contribution in [0.25, 0.3) is 0 Å². The zero-order valence-electron chi connectivity index (χ0n) is 12.1. The number of nitriles is 1. The Hall–Kier alpha value is -1.37. The van der Waals surface area contributed by atoms with Gasteiger partial charge in [-0.1, -0.05) is 38.3 Å². The summed E-state index contributed by atoms with van der Waals surface area (Å²) in [6, 6.07) is 2.72. The zero-order chi connectivity index (χ0) is 13.7. The van der Waals surface area contributed by atoms with E-state index in [0.717, 1.165) is 18.5 Å². The fourth-order valence-electron chi connectivity index (χ4n) is 2.86. The van der Waals surface area contributed by atoms with Gasteiger partial charge in [0.15, 0.2) is 0 Å². The van der Waals surface area contributed by atoms with Gasteiger partial charge in [0.05, 0.1) is 29.9 Å². The summed E-state index contributed by atoms with van der Waals surface area (Å²) in [7, 11) is 0. The lowest BCUT2D eigenvalue weighted by molar-refractivity contribution is 0.315. The first-order valence-electron chi connectivity index (χ1n) is 7.52. The third kappa shape index (κ3) is 3.56. The van der Waals surface area contributed by atoms with Crippen LogP contribution in [0.1, 0.15) is 69.8 Å². The molecule has 1 saturated carbocycles. The molecule has 0 N–H and O–H groups in total. The molecule has 1 heterocycles. The van der Waals surface area contributed by atoms with Crippen LogP contribution in [0.15, 0.2) is 0 Å². The van der Waals surface area contributed by atoms with Crippen molar-refractivity contribution in [3.8, 4) is 6.07 Å². The van der Waals surface area contributed by atoms with E-state index in [9.17, 15) is 0 Å². The molecule has 0 aromatic carbocycles. The average molecular weight is 260 g/mol. The lowest BCUT2D eigenvalue weighted by atomic mass is 9.95. The highest BCUT2D eigenvalue weighted by Gasteiger charge is 2.21. The average Bonchev–Trinajstić information content (AvgIpc) is 2.81. The fourth-order valence-corrected chi connectivity index (χ4v) is 2.86. The van der Waals surface area contributed by atoms with Crippen molar-refractivity contribution in [2.24, 2.45) is 5.92 Å². The Labute approximate surface area is 115 Å². The molecule has 1 aliphatic rings. The van der Waals surface area contributed by atoms with Crippen LogP contribution in [0.5, 0.6) is 0 Å². The molecule has 1 aromatic rings. The van der Waals surface area contributed by atoms with Crippen molar-refractivity contribution in [3.63, 3.8) is 0 Å². The highest BCUT2D eigenvalue weighted by molar-refractivity contribution is 5.15. The maximum Gasteiger partial charge on any atom is 0.0999 e. The molecule has 1 fully saturated rings. The van der Waals surface area contributed by atoms with Crippen molar-refractivity contribution in [1.29, 1.82) is 5.26 Å². The second kappa shape index (κ2) is 6.70. The van der Waals surface area contributed by atoms with Crippen LogP contribution in [0, 0.1) is 17.2 Å². The largest absolute Gasteiger partial charge is 0.246 e. The SMILES string of the molecule is CC(C)CCc1c(CC#N)nnn1C1CCCCC1. The van der Waals surface area contributed by atoms with Crippen LogP contribution in [0.4, 0.5) is 0 Å². The number of hydrogen-bond acceptors (Lipinski definition) is 3. The minimum absolute atomic E-state index is 0.389. The van der Waals surface area contributed by atoms with Crippen LogP contribution >= 0.6 is 0 Å². The normalized spacial score (nSPS) is 16.7. The fraction of sp³-hybridized carbons (Fsp3) is 0.800. The highest BCUT2D eigenvalue weighted by Crippen LogP contribution is 2.29. The molecular formula is C15H24N4. The van der Waals surface area contributed by atoms with Gasteiger partial charge in [-0.05, 0) is 31.6 Å². The summed E-state index contributed by atoms with van der Waals surface area (Å²) in [6.07, 6.45) is 8.88. The minimum atomic E-state index is 0.389. The van der Waals surface area contributed by atoms with Gasteiger partial charge in [-0.25, -0.2) is 4.68 Å². The first-order valence-corrected chi connectivity index (χ1v) is 7.52. The number of hydrogen-bond donors (Lipinski definition) is 0. The van der Waals surface area contributed by atoms with E-state index in [2.05, 4.69) is 34.9 Å². The Morgan fingerprint density at radius 2 is 2.05 bits per heavy atom. The molecule has 1 aliphatic carbocycles. The monoisotopic (exact) mass is 260 g/mol. The van der Waals surface area contributed by atoms with Gasteiger partial charge in [-0.15, -0.1) is 5.10 Å². The van der Waals surface area contributed by atoms with Gasteiger partial charge in [0.1, 0.15) is 0 Å². The molecule has 0 saturated heterocycles. The van der Waals surface area contributed by atoms with Crippen LogP contribution < -0.4 is 0 Å². The second-order valence-electron chi connectivity index (χ2n) is 5.99. The summed E-state index contributed by atoms with van der Waals surface area (Å²) < 4.78 is 2.13. The second-order valence-corrected chi connectivity index (χ2v) is 5.99. The molecule has 1 aromatic heterocycles. The van der Waals surface area contributed by atoms with E-state index < -0.39 is 0 Å². The van der Waals surface area contributed by atoms with E-state index in [0.29, 0.717) is 18.4 Å². The van der Waals surface area contributed by atoms with Crippen LogP contribution in [0.2, 0.25) is 0 Å². The van der Waals surface area contributed by atoms with Crippen molar-refractivity contribution in [2.75, 3.05) is 0 Å². The standard InChI is InChI=1S/C15H24N4/c1-12(2)8-9-15-14(10-11-16)17-18-19(15)13-6-4-3-5-7-13/h12-13H,3-10H2,1-2H3. The Morgan fingerprint density at radius 1 is 1.32 bits per heavy atom. The quantitative estimate of drug-likeness (QED) is 0.815. The molecule has 19 heavy (non-hydrogen) atoms. The molecule has 0 radical (unpaired) electrons. The van der Waals surface area contributed by atoms with Crippen LogP contribution in [-0.4, -0.2) is 15.0 Å². The third-order valence-electron chi connectivity index (χ3n) is 4.00. The van der Waals surface area contributed by atoms with Gasteiger partial charge < -0.3 is 0 Å². The van der Waals surface area contributed by atoms with Gasteiger partial charge in [0.25, 0.3) is 0 Å². The van der Waals surface area contributed by atoms with E-state index >= 15 is 0 Å². The molecule has 104 valence electrons. The molecule has 2 rings (SSSR count). The van der Waals surface area contributed by atoms with E-state index in [4.69, 9.17) is 5.26 Å². The summed E-state index contributed by atoms with van der Waals surface area (Å²) in [5.74, 6) is 0.671. The molecule has 0 aliphatic heterocycles. The summed E-state index contributed by atoms with van der Waals surface area (Å²) in [4.78, 5) is 0. The van der Waals surface area contributed by atoms with Crippen molar-refractivity contribution in [3.05, 3.63) is 11.4 Å². The predicted molar refractivity (Wildman–Crippen MR) is 74.6 cm³/mol. The van der Waals surface area contributed by atoms with Crippen molar-refractivity contribution < 1.29 is 0 Å². The first kappa shape index (κ1) is 14.0. The third-order valence-corrected chi connectivity index (χ3v) is 4.00. The Morgan fingerprint density at radius 3 is 2.68 bits per heavy atom. The molecule has 0 spiro atoms. The minimum Gasteiger partial charge on any atom is -0.246 e. The van der Waals surface area contributed by atoms with Crippen molar-refractivity contribution in [2.45, 2.75) is 71.3 Å².